The van der Waals surface area contributed by atoms with Gasteiger partial charge in [0.1, 0.15) is 18.9 Å². The first-order valence-corrected chi connectivity index (χ1v) is 13.6. The summed E-state index contributed by atoms with van der Waals surface area (Å²) in [5.41, 5.74) is 2.98. The van der Waals surface area contributed by atoms with E-state index in [9.17, 15) is 14.4 Å². The summed E-state index contributed by atoms with van der Waals surface area (Å²) in [6.07, 6.45) is 3.69. The fraction of sp³-hybridized carbons (Fsp3) is 0.296. The average molecular weight is 584 g/mol. The number of ether oxygens (including phenoxy) is 2. The van der Waals surface area contributed by atoms with Gasteiger partial charge in [-0.2, -0.15) is 0 Å². The lowest BCUT2D eigenvalue weighted by molar-refractivity contribution is -0.139. The Bertz CT molecular complexity index is 1380. The zero-order valence-electron chi connectivity index (χ0n) is 20.3. The zero-order valence-corrected chi connectivity index (χ0v) is 22.7. The summed E-state index contributed by atoms with van der Waals surface area (Å²) in [6.45, 7) is 4.71. The molecule has 1 aromatic heterocycles. The first kappa shape index (κ1) is 25.6. The van der Waals surface area contributed by atoms with Crippen LogP contribution in [0.3, 0.4) is 0 Å². The van der Waals surface area contributed by atoms with Crippen LogP contribution in [0.1, 0.15) is 11.1 Å². The van der Waals surface area contributed by atoms with Gasteiger partial charge in [0.2, 0.25) is 5.91 Å². The van der Waals surface area contributed by atoms with E-state index in [-0.39, 0.29) is 12.5 Å². The van der Waals surface area contributed by atoms with E-state index in [1.807, 2.05) is 55.6 Å². The van der Waals surface area contributed by atoms with E-state index in [1.165, 1.54) is 5.56 Å². The van der Waals surface area contributed by atoms with Gasteiger partial charge in [-0.3, -0.25) is 19.3 Å². The average Bonchev–Trinajstić information content (AvgIpc) is 3.36. The van der Waals surface area contributed by atoms with Crippen molar-refractivity contribution in [2.24, 2.45) is 0 Å². The van der Waals surface area contributed by atoms with Gasteiger partial charge in [0, 0.05) is 40.2 Å². The molecule has 37 heavy (non-hydrogen) atoms. The van der Waals surface area contributed by atoms with E-state index in [1.54, 1.807) is 11.0 Å². The third-order valence-electron chi connectivity index (χ3n) is 6.31. The number of aryl methyl sites for hydroxylation is 1. The van der Waals surface area contributed by atoms with Crippen LogP contribution in [0.25, 0.3) is 17.0 Å². The predicted molar refractivity (Wildman–Crippen MR) is 146 cm³/mol. The molecule has 2 aliphatic rings. The monoisotopic (exact) mass is 583 g/mol. The van der Waals surface area contributed by atoms with E-state index < -0.39 is 11.1 Å². The number of benzene rings is 2. The predicted octanol–water partition coefficient (Wildman–Crippen LogP) is 4.69. The van der Waals surface area contributed by atoms with Crippen molar-refractivity contribution in [3.05, 3.63) is 69.2 Å². The van der Waals surface area contributed by atoms with Gasteiger partial charge >= 0.3 is 0 Å². The van der Waals surface area contributed by atoms with Crippen LogP contribution in [0, 0.1) is 6.92 Å². The van der Waals surface area contributed by atoms with E-state index in [2.05, 4.69) is 20.5 Å². The lowest BCUT2D eigenvalue weighted by atomic mass is 10.1. The Morgan fingerprint density at radius 3 is 2.65 bits per heavy atom. The van der Waals surface area contributed by atoms with Crippen LogP contribution in [-0.2, 0) is 20.9 Å². The van der Waals surface area contributed by atoms with Crippen molar-refractivity contribution in [1.29, 1.82) is 0 Å². The molecule has 0 bridgehead atoms. The molecule has 0 radical (unpaired) electrons. The molecule has 192 valence electrons. The molecule has 2 aromatic carbocycles. The molecule has 2 aliphatic heterocycles. The van der Waals surface area contributed by atoms with Crippen molar-refractivity contribution >= 4 is 61.7 Å². The molecule has 3 amide bonds. The Morgan fingerprint density at radius 1 is 1.14 bits per heavy atom. The number of carbonyl (C=O) groups is 3. The Morgan fingerprint density at radius 2 is 1.89 bits per heavy atom. The third kappa shape index (κ3) is 5.76. The Labute approximate surface area is 227 Å². The maximum absolute atomic E-state index is 13.1. The van der Waals surface area contributed by atoms with Crippen LogP contribution in [0.15, 0.2) is 58.0 Å². The normalized spacial score (nSPS) is 17.3. The lowest BCUT2D eigenvalue weighted by Crippen LogP contribution is -2.46. The largest absolute Gasteiger partial charge is 0.492 e. The highest BCUT2D eigenvalue weighted by molar-refractivity contribution is 9.10. The smallest absolute Gasteiger partial charge is 0.294 e. The van der Waals surface area contributed by atoms with Crippen LogP contribution in [-0.4, -0.2) is 70.9 Å². The summed E-state index contributed by atoms with van der Waals surface area (Å²) in [5.74, 6) is 0.113. The maximum atomic E-state index is 13.1. The van der Waals surface area contributed by atoms with Gasteiger partial charge < -0.3 is 18.9 Å². The fourth-order valence-corrected chi connectivity index (χ4v) is 5.51. The Kier molecular flexibility index (Phi) is 7.68. The van der Waals surface area contributed by atoms with E-state index in [0.717, 1.165) is 43.4 Å². The van der Waals surface area contributed by atoms with Crippen molar-refractivity contribution in [3.63, 3.8) is 0 Å². The van der Waals surface area contributed by atoms with Gasteiger partial charge in [0.05, 0.1) is 24.7 Å². The topological polar surface area (TPSA) is 81.1 Å². The first-order chi connectivity index (χ1) is 17.9. The van der Waals surface area contributed by atoms with Gasteiger partial charge in [-0.15, -0.1) is 0 Å². The molecule has 0 spiro atoms. The SMILES string of the molecule is Cc1ccc(OCCn2cc(/C=C3\SC(=O)N(CC(=O)N4CCOCC4)C3=O)c3cc(Br)ccc32)cc1. The molecular weight excluding hydrogens is 558 g/mol. The van der Waals surface area contributed by atoms with Crippen LogP contribution in [0.5, 0.6) is 5.75 Å². The number of hydrogen-bond donors (Lipinski definition) is 0. The van der Waals surface area contributed by atoms with Crippen molar-refractivity contribution in [3.8, 4) is 5.75 Å². The fourth-order valence-electron chi connectivity index (χ4n) is 4.32. The van der Waals surface area contributed by atoms with E-state index >= 15 is 0 Å². The number of thioether (sulfide) groups is 1. The van der Waals surface area contributed by atoms with Crippen molar-refractivity contribution in [2.75, 3.05) is 39.5 Å². The molecule has 5 rings (SSSR count). The van der Waals surface area contributed by atoms with Crippen LogP contribution >= 0.6 is 27.7 Å². The number of imide groups is 1. The molecule has 0 aliphatic carbocycles. The lowest BCUT2D eigenvalue weighted by Gasteiger charge is -2.28. The summed E-state index contributed by atoms with van der Waals surface area (Å²) < 4.78 is 14.2. The number of amides is 3. The number of fused-ring (bicyclic) bond motifs is 1. The van der Waals surface area contributed by atoms with Crippen LogP contribution in [0.2, 0.25) is 0 Å². The minimum atomic E-state index is -0.449. The second-order valence-corrected chi connectivity index (χ2v) is 10.8. The number of aromatic nitrogens is 1. The van der Waals surface area contributed by atoms with E-state index in [4.69, 9.17) is 9.47 Å². The molecule has 0 N–H and O–H groups in total. The van der Waals surface area contributed by atoms with Gasteiger partial charge in [-0.1, -0.05) is 33.6 Å². The summed E-state index contributed by atoms with van der Waals surface area (Å²) in [6, 6.07) is 13.9. The molecule has 3 aromatic rings. The molecule has 2 saturated heterocycles. The van der Waals surface area contributed by atoms with Crippen molar-refractivity contribution < 1.29 is 23.9 Å². The molecule has 8 nitrogen and oxygen atoms in total. The van der Waals surface area contributed by atoms with Crippen molar-refractivity contribution in [1.82, 2.24) is 14.4 Å². The van der Waals surface area contributed by atoms with E-state index in [0.29, 0.717) is 44.4 Å². The number of morpholine rings is 1. The summed E-state index contributed by atoms with van der Waals surface area (Å²) >= 11 is 4.39. The summed E-state index contributed by atoms with van der Waals surface area (Å²) in [4.78, 5) is 41.3. The number of rotatable bonds is 7. The Balaban J connectivity index is 1.34. The van der Waals surface area contributed by atoms with Gasteiger partial charge in [-0.05, 0) is 55.1 Å². The highest BCUT2D eigenvalue weighted by atomic mass is 79.9. The van der Waals surface area contributed by atoms with Crippen LogP contribution in [0.4, 0.5) is 4.79 Å². The number of carbonyl (C=O) groups excluding carboxylic acids is 3. The minimum Gasteiger partial charge on any atom is -0.492 e. The molecule has 0 saturated carbocycles. The van der Waals surface area contributed by atoms with Gasteiger partial charge in [0.15, 0.2) is 0 Å². The zero-order chi connectivity index (χ0) is 25.9. The quantitative estimate of drug-likeness (QED) is 0.375. The number of nitrogens with zero attached hydrogens (tertiary/aromatic N) is 3. The first-order valence-electron chi connectivity index (χ1n) is 12.0. The molecule has 0 atom stereocenters. The summed E-state index contributed by atoms with van der Waals surface area (Å²) in [5, 5.41) is 0.509. The highest BCUT2D eigenvalue weighted by Crippen LogP contribution is 2.35. The number of halogens is 1. The highest BCUT2D eigenvalue weighted by Gasteiger charge is 2.37. The molecule has 2 fully saturated rings. The molecule has 3 heterocycles. The maximum Gasteiger partial charge on any atom is 0.294 e. The second kappa shape index (κ2) is 11.1. The number of hydrogen-bond acceptors (Lipinski definition) is 6. The molecular formula is C27H26BrN3O5S. The summed E-state index contributed by atoms with van der Waals surface area (Å²) in [7, 11) is 0. The molecule has 10 heteroatoms. The Hall–Kier alpha value is -3.08. The second-order valence-electron chi connectivity index (χ2n) is 8.86. The molecule has 0 unspecified atom stereocenters. The minimum absolute atomic E-state index is 0.249. The van der Waals surface area contributed by atoms with Gasteiger partial charge in [-0.25, -0.2) is 0 Å². The van der Waals surface area contributed by atoms with Crippen LogP contribution < -0.4 is 4.74 Å². The van der Waals surface area contributed by atoms with Crippen molar-refractivity contribution in [2.45, 2.75) is 13.5 Å². The van der Waals surface area contributed by atoms with Gasteiger partial charge in [0.25, 0.3) is 11.1 Å². The standard InChI is InChI=1S/C27H26BrN3O5S/c1-18-2-5-21(6-3-18)36-13-10-30-16-19(22-15-20(28)4-7-23(22)30)14-24-26(33)31(27(34)37-24)17-25(32)29-8-11-35-12-9-29/h2-7,14-16H,8-13,17H2,1H3/b24-14-. The third-order valence-corrected chi connectivity index (χ3v) is 7.71.